The molecule has 0 spiro atoms. The summed E-state index contributed by atoms with van der Waals surface area (Å²) in [7, 11) is 0. The van der Waals surface area contributed by atoms with E-state index in [-0.39, 0.29) is 18.7 Å². The molecule has 1 fully saturated rings. The van der Waals surface area contributed by atoms with Gasteiger partial charge < -0.3 is 15.0 Å². The van der Waals surface area contributed by atoms with Gasteiger partial charge in [-0.25, -0.2) is 8.78 Å². The van der Waals surface area contributed by atoms with Crippen molar-refractivity contribution in [3.05, 3.63) is 102 Å². The van der Waals surface area contributed by atoms with E-state index in [2.05, 4.69) is 5.32 Å². The first-order valence-electron chi connectivity index (χ1n) is 11.3. The summed E-state index contributed by atoms with van der Waals surface area (Å²) in [5.41, 5.74) is 0.900. The second-order valence-electron chi connectivity index (χ2n) is 8.27. The lowest BCUT2D eigenvalue weighted by Gasteiger charge is -2.31. The van der Waals surface area contributed by atoms with Gasteiger partial charge in [0.1, 0.15) is 11.6 Å². The molecule has 3 aromatic rings. The fraction of sp³-hybridized carbons (Fsp3) is 0.222. The van der Waals surface area contributed by atoms with E-state index in [9.17, 15) is 23.2 Å². The van der Waals surface area contributed by atoms with Crippen molar-refractivity contribution in [2.75, 3.05) is 18.4 Å². The number of nitrogens with zero attached hydrogens (tertiary/aromatic N) is 1. The molecule has 1 aliphatic heterocycles. The molecule has 1 heterocycles. The molecule has 8 heteroatoms. The SMILES string of the molecule is O=C(OC(C(=O)Nc1ccccc1)c1ccccc1)C1CCN(C(=O)c2ccc(F)cc2F)CC1. The largest absolute Gasteiger partial charge is 0.447 e. The van der Waals surface area contributed by atoms with Gasteiger partial charge in [-0.2, -0.15) is 0 Å². The van der Waals surface area contributed by atoms with Gasteiger partial charge in [-0.05, 0) is 37.1 Å². The smallest absolute Gasteiger partial charge is 0.310 e. The molecule has 1 aliphatic rings. The van der Waals surface area contributed by atoms with Crippen LogP contribution in [0.4, 0.5) is 14.5 Å². The minimum Gasteiger partial charge on any atom is -0.447 e. The third-order valence-corrected chi connectivity index (χ3v) is 5.89. The molecule has 3 aromatic carbocycles. The van der Waals surface area contributed by atoms with Crippen molar-refractivity contribution >= 4 is 23.5 Å². The number of amides is 2. The number of likely N-dealkylation sites (tertiary alicyclic amines) is 1. The standard InChI is InChI=1S/C27H24F2N2O4/c28-20-11-12-22(23(29)17-20)26(33)31-15-13-19(14-16-31)27(34)35-24(18-7-3-1-4-8-18)25(32)30-21-9-5-2-6-10-21/h1-12,17,19,24H,13-16H2,(H,30,32). The number of esters is 1. The lowest BCUT2D eigenvalue weighted by atomic mass is 9.96. The van der Waals surface area contributed by atoms with Crippen LogP contribution in [0.1, 0.15) is 34.9 Å². The Balaban J connectivity index is 1.40. The van der Waals surface area contributed by atoms with Gasteiger partial charge in [0.25, 0.3) is 11.8 Å². The minimum absolute atomic E-state index is 0.210. The van der Waals surface area contributed by atoms with Crippen molar-refractivity contribution in [2.24, 2.45) is 5.92 Å². The molecular formula is C27H24F2N2O4. The van der Waals surface area contributed by atoms with Crippen molar-refractivity contribution < 1.29 is 27.9 Å². The highest BCUT2D eigenvalue weighted by molar-refractivity contribution is 5.96. The Morgan fingerprint density at radius 1 is 0.886 bits per heavy atom. The summed E-state index contributed by atoms with van der Waals surface area (Å²) < 4.78 is 32.8. The Hall–Kier alpha value is -4.07. The highest BCUT2D eigenvalue weighted by atomic mass is 19.1. The first-order valence-corrected chi connectivity index (χ1v) is 11.3. The average Bonchev–Trinajstić information content (AvgIpc) is 2.88. The summed E-state index contributed by atoms with van der Waals surface area (Å²) in [6.45, 7) is 0.420. The Morgan fingerprint density at radius 3 is 2.14 bits per heavy atom. The van der Waals surface area contributed by atoms with Crippen LogP contribution >= 0.6 is 0 Å². The van der Waals surface area contributed by atoms with E-state index in [0.717, 1.165) is 12.1 Å². The van der Waals surface area contributed by atoms with Gasteiger partial charge in [0, 0.05) is 30.4 Å². The molecule has 2 amide bonds. The normalized spacial score (nSPS) is 14.7. The number of anilines is 1. The number of para-hydroxylation sites is 1. The number of hydrogen-bond acceptors (Lipinski definition) is 4. The van der Waals surface area contributed by atoms with Crippen LogP contribution in [0.3, 0.4) is 0 Å². The zero-order chi connectivity index (χ0) is 24.8. The van der Waals surface area contributed by atoms with Crippen molar-refractivity contribution in [3.8, 4) is 0 Å². The third kappa shape index (κ3) is 5.90. The van der Waals surface area contributed by atoms with E-state index >= 15 is 0 Å². The van der Waals surface area contributed by atoms with E-state index in [1.807, 2.05) is 6.07 Å². The molecule has 4 rings (SSSR count). The Labute approximate surface area is 201 Å². The van der Waals surface area contributed by atoms with Gasteiger partial charge in [0.05, 0.1) is 11.5 Å². The number of nitrogens with one attached hydrogen (secondary N) is 1. The van der Waals surface area contributed by atoms with Gasteiger partial charge in [0.15, 0.2) is 0 Å². The summed E-state index contributed by atoms with van der Waals surface area (Å²) >= 11 is 0. The minimum atomic E-state index is -1.14. The molecule has 1 unspecified atom stereocenters. The van der Waals surface area contributed by atoms with Gasteiger partial charge in [-0.3, -0.25) is 14.4 Å². The number of rotatable bonds is 6. The van der Waals surface area contributed by atoms with Crippen LogP contribution in [-0.2, 0) is 14.3 Å². The van der Waals surface area contributed by atoms with Gasteiger partial charge in [0.2, 0.25) is 6.10 Å². The fourth-order valence-electron chi connectivity index (χ4n) is 3.99. The van der Waals surface area contributed by atoms with E-state index in [4.69, 9.17) is 4.74 Å². The van der Waals surface area contributed by atoms with Crippen molar-refractivity contribution in [3.63, 3.8) is 0 Å². The number of halogens is 2. The maximum absolute atomic E-state index is 14.0. The highest BCUT2D eigenvalue weighted by Crippen LogP contribution is 2.26. The summed E-state index contributed by atoms with van der Waals surface area (Å²) in [6.07, 6.45) is -0.540. The zero-order valence-electron chi connectivity index (χ0n) is 18.8. The molecule has 6 nitrogen and oxygen atoms in total. The molecule has 1 N–H and O–H groups in total. The molecule has 35 heavy (non-hydrogen) atoms. The molecule has 0 saturated carbocycles. The van der Waals surface area contributed by atoms with Gasteiger partial charge in [-0.15, -0.1) is 0 Å². The van der Waals surface area contributed by atoms with Crippen molar-refractivity contribution in [1.29, 1.82) is 0 Å². The van der Waals surface area contributed by atoms with Crippen molar-refractivity contribution in [2.45, 2.75) is 18.9 Å². The maximum atomic E-state index is 14.0. The number of benzene rings is 3. The maximum Gasteiger partial charge on any atom is 0.310 e. The second kappa shape index (κ2) is 10.9. The topological polar surface area (TPSA) is 75.7 Å². The first-order chi connectivity index (χ1) is 16.9. The number of hydrogen-bond donors (Lipinski definition) is 1. The molecule has 1 saturated heterocycles. The fourth-order valence-corrected chi connectivity index (χ4v) is 3.99. The van der Waals surface area contributed by atoms with Crippen LogP contribution < -0.4 is 5.32 Å². The van der Waals surface area contributed by atoms with Crippen molar-refractivity contribution in [1.82, 2.24) is 4.90 Å². The van der Waals surface area contributed by atoms with Crippen LogP contribution in [0.25, 0.3) is 0 Å². The van der Waals surface area contributed by atoms with Gasteiger partial charge >= 0.3 is 5.97 Å². The molecule has 0 bridgehead atoms. The lowest BCUT2D eigenvalue weighted by molar-refractivity contribution is -0.160. The number of carbonyl (C=O) groups is 3. The second-order valence-corrected chi connectivity index (χ2v) is 8.27. The van der Waals surface area contributed by atoms with Crippen LogP contribution in [0.2, 0.25) is 0 Å². The Bertz CT molecular complexity index is 1200. The predicted octanol–water partition coefficient (Wildman–Crippen LogP) is 4.74. The molecule has 0 radical (unpaired) electrons. The number of piperidine rings is 1. The van der Waals surface area contributed by atoms with Crippen LogP contribution in [0.15, 0.2) is 78.9 Å². The summed E-state index contributed by atoms with van der Waals surface area (Å²) in [6, 6.07) is 20.4. The summed E-state index contributed by atoms with van der Waals surface area (Å²) in [5.74, 6) is -3.78. The monoisotopic (exact) mass is 478 g/mol. The molecular weight excluding hydrogens is 454 g/mol. The average molecular weight is 478 g/mol. The van der Waals surface area contributed by atoms with Crippen LogP contribution in [0.5, 0.6) is 0 Å². The lowest BCUT2D eigenvalue weighted by Crippen LogP contribution is -2.41. The van der Waals surface area contributed by atoms with Crippen LogP contribution in [0, 0.1) is 17.6 Å². The first kappa shape index (κ1) is 24.1. The zero-order valence-corrected chi connectivity index (χ0v) is 18.8. The number of carbonyl (C=O) groups excluding carboxylic acids is 3. The van der Waals surface area contributed by atoms with Gasteiger partial charge in [-0.1, -0.05) is 48.5 Å². The van der Waals surface area contributed by atoms with Crippen LogP contribution in [-0.4, -0.2) is 35.8 Å². The van der Waals surface area contributed by atoms with E-state index < -0.39 is 41.4 Å². The number of ether oxygens (including phenoxy) is 1. The summed E-state index contributed by atoms with van der Waals surface area (Å²) in [5, 5.41) is 2.77. The quantitative estimate of drug-likeness (QED) is 0.520. The Morgan fingerprint density at radius 2 is 1.51 bits per heavy atom. The molecule has 1 atom stereocenters. The predicted molar refractivity (Wildman–Crippen MR) is 125 cm³/mol. The van der Waals surface area contributed by atoms with E-state index in [0.29, 0.717) is 30.2 Å². The summed E-state index contributed by atoms with van der Waals surface area (Å²) in [4.78, 5) is 40.0. The van der Waals surface area contributed by atoms with E-state index in [1.165, 1.54) is 4.90 Å². The highest BCUT2D eigenvalue weighted by Gasteiger charge is 2.33. The molecule has 180 valence electrons. The molecule has 0 aliphatic carbocycles. The third-order valence-electron chi connectivity index (χ3n) is 5.89. The molecule has 0 aromatic heterocycles. The van der Waals surface area contributed by atoms with E-state index in [1.54, 1.807) is 54.6 Å². The Kier molecular flexibility index (Phi) is 7.50.